The molecule has 2 aliphatic heterocycles. The number of fused-ring (bicyclic) bond motifs is 2. The molecule has 8 heteroatoms. The first-order valence-electron chi connectivity index (χ1n) is 12.9. The van der Waals surface area contributed by atoms with E-state index >= 15 is 0 Å². The Morgan fingerprint density at radius 1 is 0.806 bits per heavy atom. The van der Waals surface area contributed by atoms with E-state index in [0.717, 1.165) is 92.9 Å². The largest absolute Gasteiger partial charge is 0.490 e. The van der Waals surface area contributed by atoms with E-state index in [-0.39, 0.29) is 0 Å². The van der Waals surface area contributed by atoms with Crippen molar-refractivity contribution in [2.45, 2.75) is 39.5 Å². The first-order chi connectivity index (χ1) is 17.7. The summed E-state index contributed by atoms with van der Waals surface area (Å²) in [5.41, 5.74) is 1.91. The van der Waals surface area contributed by atoms with Crippen molar-refractivity contribution in [1.29, 1.82) is 0 Å². The van der Waals surface area contributed by atoms with Gasteiger partial charge in [-0.15, -0.1) is 0 Å². The predicted molar refractivity (Wildman–Crippen MR) is 141 cm³/mol. The summed E-state index contributed by atoms with van der Waals surface area (Å²) in [5, 5.41) is 0. The Kier molecular flexibility index (Phi) is 7.59. The Morgan fingerprint density at radius 3 is 2.42 bits per heavy atom. The van der Waals surface area contributed by atoms with Gasteiger partial charge in [0.05, 0.1) is 12.2 Å². The summed E-state index contributed by atoms with van der Waals surface area (Å²) < 4.78 is 12.4. The zero-order chi connectivity index (χ0) is 24.7. The second kappa shape index (κ2) is 11.4. The van der Waals surface area contributed by atoms with Gasteiger partial charge in [0.25, 0.3) is 0 Å². The summed E-state index contributed by atoms with van der Waals surface area (Å²) in [4.78, 5) is 23.5. The molecule has 4 heterocycles. The second-order valence-corrected chi connectivity index (χ2v) is 9.26. The minimum atomic E-state index is 0.550. The number of aliphatic imine (C=N–C) groups is 1. The van der Waals surface area contributed by atoms with Gasteiger partial charge in [-0.1, -0.05) is 18.6 Å². The first-order valence-corrected chi connectivity index (χ1v) is 12.9. The number of pyridine rings is 1. The number of para-hydroxylation sites is 2. The Morgan fingerprint density at radius 2 is 1.58 bits per heavy atom. The fourth-order valence-electron chi connectivity index (χ4n) is 4.70. The van der Waals surface area contributed by atoms with E-state index in [0.29, 0.717) is 18.2 Å². The van der Waals surface area contributed by atoms with E-state index in [4.69, 9.17) is 14.5 Å². The van der Waals surface area contributed by atoms with Gasteiger partial charge in [0.2, 0.25) is 5.88 Å². The molecule has 1 saturated heterocycles. The lowest BCUT2D eigenvalue weighted by Gasteiger charge is -2.37. The van der Waals surface area contributed by atoms with Crippen LogP contribution in [-0.4, -0.2) is 65.0 Å². The second-order valence-electron chi connectivity index (χ2n) is 9.26. The Hall–Kier alpha value is -3.68. The average Bonchev–Trinajstić information content (AvgIpc) is 2.89. The summed E-state index contributed by atoms with van der Waals surface area (Å²) >= 11 is 0. The lowest BCUT2D eigenvalue weighted by molar-refractivity contribution is 0.290. The van der Waals surface area contributed by atoms with Crippen molar-refractivity contribution in [2.75, 3.05) is 44.2 Å². The van der Waals surface area contributed by atoms with Crippen LogP contribution in [0, 0.1) is 13.8 Å². The normalized spacial score (nSPS) is 17.1. The van der Waals surface area contributed by atoms with Gasteiger partial charge in [0, 0.05) is 50.7 Å². The van der Waals surface area contributed by atoms with Crippen molar-refractivity contribution in [2.24, 2.45) is 4.99 Å². The number of benzene rings is 1. The summed E-state index contributed by atoms with van der Waals surface area (Å²) in [6.07, 6.45) is 6.10. The number of aromatic nitrogens is 3. The molecular weight excluding hydrogens is 452 g/mol. The fraction of sp³-hybridized carbons (Fsp3) is 0.429. The van der Waals surface area contributed by atoms with Crippen LogP contribution in [0.5, 0.6) is 17.4 Å². The van der Waals surface area contributed by atoms with E-state index in [2.05, 4.69) is 36.9 Å². The Balaban J connectivity index is 1.42. The molecule has 1 fully saturated rings. The van der Waals surface area contributed by atoms with Crippen LogP contribution in [0.25, 0.3) is 0 Å². The number of aryl methyl sites for hydroxylation is 2. The Bertz CT molecular complexity index is 1190. The van der Waals surface area contributed by atoms with E-state index < -0.39 is 0 Å². The Labute approximate surface area is 213 Å². The third kappa shape index (κ3) is 5.75. The molecular formula is C28H34N6O2. The maximum Gasteiger partial charge on any atom is 0.230 e. The molecule has 5 rings (SSSR count). The summed E-state index contributed by atoms with van der Waals surface area (Å²) in [6.45, 7) is 8.84. The smallest absolute Gasteiger partial charge is 0.230 e. The molecule has 3 aromatic rings. The third-order valence-electron chi connectivity index (χ3n) is 6.50. The van der Waals surface area contributed by atoms with Crippen molar-refractivity contribution < 1.29 is 9.47 Å². The molecule has 8 nitrogen and oxygen atoms in total. The van der Waals surface area contributed by atoms with E-state index in [1.54, 1.807) is 6.20 Å². The minimum Gasteiger partial charge on any atom is -0.490 e. The average molecular weight is 487 g/mol. The van der Waals surface area contributed by atoms with Gasteiger partial charge >= 0.3 is 0 Å². The zero-order valence-corrected chi connectivity index (χ0v) is 21.2. The van der Waals surface area contributed by atoms with Crippen LogP contribution in [0.2, 0.25) is 0 Å². The minimum absolute atomic E-state index is 0.550. The zero-order valence-electron chi connectivity index (χ0n) is 21.2. The lowest BCUT2D eigenvalue weighted by Crippen LogP contribution is -2.49. The maximum atomic E-state index is 6.35. The van der Waals surface area contributed by atoms with Crippen LogP contribution in [0.15, 0.2) is 53.7 Å². The standard InChI is InChI=1S/C28H34N6O2/c1-21-20-26(32-22(2)31-21)33-15-17-34(18-16-33)27-23-10-9-14-30-28(23)36-25-12-6-5-11-24(25)35-19-8-4-3-7-13-29-27/h5-6,9-12,14,20H,3-4,7-8,13,15-19H2,1-2H3. The van der Waals surface area contributed by atoms with E-state index in [9.17, 15) is 0 Å². The molecule has 188 valence electrons. The highest BCUT2D eigenvalue weighted by Crippen LogP contribution is 2.33. The monoisotopic (exact) mass is 486 g/mol. The molecule has 0 amide bonds. The number of ether oxygens (including phenoxy) is 2. The molecule has 1 aromatic carbocycles. The molecule has 0 atom stereocenters. The highest BCUT2D eigenvalue weighted by molar-refractivity contribution is 6.01. The topological polar surface area (TPSA) is 76.0 Å². The molecule has 0 spiro atoms. The number of amidine groups is 1. The van der Waals surface area contributed by atoms with Crippen molar-refractivity contribution in [3.05, 3.63) is 65.7 Å². The number of hydrogen-bond donors (Lipinski definition) is 0. The quantitative estimate of drug-likeness (QED) is 0.489. The molecule has 0 bridgehead atoms. The molecule has 0 unspecified atom stereocenters. The van der Waals surface area contributed by atoms with Gasteiger partial charge in [0.1, 0.15) is 17.5 Å². The van der Waals surface area contributed by atoms with Crippen LogP contribution in [0.1, 0.15) is 42.8 Å². The van der Waals surface area contributed by atoms with Crippen LogP contribution in [0.3, 0.4) is 0 Å². The SMILES string of the molecule is Cc1cc(N2CCN(C3=NCCCCCCOc4ccccc4Oc4ncccc43)CC2)nc(C)n1. The summed E-state index contributed by atoms with van der Waals surface area (Å²) in [7, 11) is 0. The van der Waals surface area contributed by atoms with Gasteiger partial charge in [-0.2, -0.15) is 0 Å². The lowest BCUT2D eigenvalue weighted by atomic mass is 10.1. The number of anilines is 1. The van der Waals surface area contributed by atoms with Crippen LogP contribution in [0.4, 0.5) is 5.82 Å². The maximum absolute atomic E-state index is 6.35. The van der Waals surface area contributed by atoms with Crippen molar-refractivity contribution >= 4 is 11.7 Å². The van der Waals surface area contributed by atoms with Crippen molar-refractivity contribution in [1.82, 2.24) is 19.9 Å². The molecule has 2 aliphatic rings. The molecule has 36 heavy (non-hydrogen) atoms. The predicted octanol–water partition coefficient (Wildman–Crippen LogP) is 4.80. The van der Waals surface area contributed by atoms with Gasteiger partial charge in [-0.25, -0.2) is 15.0 Å². The first kappa shape index (κ1) is 24.0. The number of piperazine rings is 1. The summed E-state index contributed by atoms with van der Waals surface area (Å²) in [5.74, 6) is 4.72. The number of rotatable bonds is 1. The van der Waals surface area contributed by atoms with Crippen molar-refractivity contribution in [3.8, 4) is 17.4 Å². The summed E-state index contributed by atoms with van der Waals surface area (Å²) in [6, 6.07) is 13.9. The highest BCUT2D eigenvalue weighted by Gasteiger charge is 2.25. The van der Waals surface area contributed by atoms with Crippen LogP contribution >= 0.6 is 0 Å². The van der Waals surface area contributed by atoms with Crippen LogP contribution < -0.4 is 14.4 Å². The molecule has 0 aliphatic carbocycles. The fourth-order valence-corrected chi connectivity index (χ4v) is 4.70. The van der Waals surface area contributed by atoms with Gasteiger partial charge < -0.3 is 19.3 Å². The van der Waals surface area contributed by atoms with E-state index in [1.165, 1.54) is 0 Å². The van der Waals surface area contributed by atoms with Gasteiger partial charge in [0.15, 0.2) is 11.5 Å². The van der Waals surface area contributed by atoms with Crippen LogP contribution in [-0.2, 0) is 0 Å². The molecule has 0 N–H and O–H groups in total. The number of hydrogen-bond acceptors (Lipinski definition) is 8. The third-order valence-corrected chi connectivity index (χ3v) is 6.50. The molecule has 0 radical (unpaired) electrons. The van der Waals surface area contributed by atoms with Gasteiger partial charge in [-0.05, 0) is 57.4 Å². The molecule has 0 saturated carbocycles. The number of nitrogens with zero attached hydrogens (tertiary/aromatic N) is 6. The highest BCUT2D eigenvalue weighted by atomic mass is 16.5. The van der Waals surface area contributed by atoms with Gasteiger partial charge in [-0.3, -0.25) is 4.99 Å². The van der Waals surface area contributed by atoms with Crippen molar-refractivity contribution in [3.63, 3.8) is 0 Å². The van der Waals surface area contributed by atoms with E-state index in [1.807, 2.05) is 44.2 Å². The molecule has 2 aromatic heterocycles.